The van der Waals surface area contributed by atoms with Gasteiger partial charge in [0.2, 0.25) is 0 Å². The van der Waals surface area contributed by atoms with Gasteiger partial charge in [0.15, 0.2) is 0 Å². The van der Waals surface area contributed by atoms with Gasteiger partial charge in [-0.2, -0.15) is 0 Å². The highest BCUT2D eigenvalue weighted by atomic mass is 16.5. The van der Waals surface area contributed by atoms with Crippen molar-refractivity contribution < 1.29 is 9.53 Å². The average molecular weight is 255 g/mol. The lowest BCUT2D eigenvalue weighted by atomic mass is 10.1. The number of aromatic nitrogens is 1. The number of pyridine rings is 1. The van der Waals surface area contributed by atoms with Crippen LogP contribution in [0, 0.1) is 6.92 Å². The number of carbonyl (C=O) groups excluding carboxylic acids is 1. The van der Waals surface area contributed by atoms with Crippen molar-refractivity contribution in [3.8, 4) is 0 Å². The third kappa shape index (κ3) is 2.99. The second kappa shape index (κ2) is 5.65. The molecular formula is C16H17NO2. The van der Waals surface area contributed by atoms with E-state index in [0.717, 1.165) is 22.2 Å². The number of para-hydroxylation sites is 1. The van der Waals surface area contributed by atoms with Crippen LogP contribution >= 0.6 is 0 Å². The van der Waals surface area contributed by atoms with Crippen LogP contribution in [0.3, 0.4) is 0 Å². The lowest BCUT2D eigenvalue weighted by molar-refractivity contribution is -0.140. The van der Waals surface area contributed by atoms with Gasteiger partial charge in [-0.15, -0.1) is 0 Å². The highest BCUT2D eigenvalue weighted by molar-refractivity contribution is 5.88. The Labute approximate surface area is 112 Å². The number of hydrogen-bond acceptors (Lipinski definition) is 3. The number of nitrogens with zero attached hydrogens (tertiary/aromatic N) is 1. The quantitative estimate of drug-likeness (QED) is 0.622. The van der Waals surface area contributed by atoms with Gasteiger partial charge in [-0.05, 0) is 32.9 Å². The second-order valence-corrected chi connectivity index (χ2v) is 4.49. The van der Waals surface area contributed by atoms with Crippen LogP contribution in [0.5, 0.6) is 0 Å². The minimum absolute atomic E-state index is 0.272. The van der Waals surface area contributed by atoms with E-state index >= 15 is 0 Å². The molecule has 0 atom stereocenters. The monoisotopic (exact) mass is 255 g/mol. The number of rotatable bonds is 3. The number of carbonyl (C=O) groups is 1. The predicted octanol–water partition coefficient (Wildman–Crippen LogP) is 3.55. The Hall–Kier alpha value is -2.16. The van der Waals surface area contributed by atoms with Crippen molar-refractivity contribution in [3.63, 3.8) is 0 Å². The molecular weight excluding hydrogens is 238 g/mol. The van der Waals surface area contributed by atoms with Gasteiger partial charge in [0.25, 0.3) is 0 Å². The van der Waals surface area contributed by atoms with Crippen LogP contribution < -0.4 is 0 Å². The first-order chi connectivity index (χ1) is 9.11. The van der Waals surface area contributed by atoms with E-state index in [1.54, 1.807) is 13.0 Å². The maximum Gasteiger partial charge on any atom is 0.333 e. The number of allylic oxidation sites excluding steroid dienone is 1. The summed E-state index contributed by atoms with van der Waals surface area (Å²) in [4.78, 5) is 16.1. The van der Waals surface area contributed by atoms with Crippen LogP contribution in [-0.4, -0.2) is 11.0 Å². The van der Waals surface area contributed by atoms with Gasteiger partial charge < -0.3 is 4.74 Å². The lowest BCUT2D eigenvalue weighted by Crippen LogP contribution is -2.06. The highest BCUT2D eigenvalue weighted by Gasteiger charge is 2.08. The summed E-state index contributed by atoms with van der Waals surface area (Å²) in [7, 11) is 0. The number of ether oxygens (including phenoxy) is 1. The van der Waals surface area contributed by atoms with Crippen molar-refractivity contribution >= 4 is 16.9 Å². The van der Waals surface area contributed by atoms with Gasteiger partial charge in [-0.1, -0.05) is 24.3 Å². The van der Waals surface area contributed by atoms with Crippen LogP contribution in [-0.2, 0) is 16.1 Å². The molecule has 0 aliphatic rings. The fraction of sp³-hybridized carbons (Fsp3) is 0.250. The summed E-state index contributed by atoms with van der Waals surface area (Å²) in [6.07, 6.45) is 1.75. The molecule has 0 N–H and O–H groups in total. The molecule has 0 fully saturated rings. The van der Waals surface area contributed by atoms with Crippen molar-refractivity contribution in [2.45, 2.75) is 27.4 Å². The molecule has 0 saturated carbocycles. The normalized spacial score (nSPS) is 11.6. The Morgan fingerprint density at radius 1 is 1.37 bits per heavy atom. The molecule has 0 aliphatic heterocycles. The maximum absolute atomic E-state index is 11.7. The van der Waals surface area contributed by atoms with E-state index in [9.17, 15) is 4.79 Å². The first kappa shape index (κ1) is 13.3. The number of fused-ring (bicyclic) bond motifs is 1. The number of esters is 1. The molecule has 0 radical (unpaired) electrons. The first-order valence-electron chi connectivity index (χ1n) is 6.27. The van der Waals surface area contributed by atoms with Crippen molar-refractivity contribution in [1.82, 2.24) is 4.98 Å². The number of benzene rings is 1. The van der Waals surface area contributed by atoms with E-state index < -0.39 is 0 Å². The van der Waals surface area contributed by atoms with Crippen LogP contribution in [0.4, 0.5) is 0 Å². The Balaban J connectivity index is 2.28. The Morgan fingerprint density at radius 2 is 2.11 bits per heavy atom. The van der Waals surface area contributed by atoms with Gasteiger partial charge in [-0.3, -0.25) is 4.98 Å². The van der Waals surface area contributed by atoms with Crippen LogP contribution in [0.1, 0.15) is 25.1 Å². The topological polar surface area (TPSA) is 39.2 Å². The first-order valence-corrected chi connectivity index (χ1v) is 6.27. The fourth-order valence-electron chi connectivity index (χ4n) is 1.89. The Morgan fingerprint density at radius 3 is 2.84 bits per heavy atom. The summed E-state index contributed by atoms with van der Waals surface area (Å²) in [5, 5.41) is 1.03. The van der Waals surface area contributed by atoms with E-state index in [1.807, 2.05) is 44.2 Å². The van der Waals surface area contributed by atoms with Gasteiger partial charge in [0.05, 0.1) is 5.52 Å². The molecule has 2 rings (SSSR count). The molecule has 19 heavy (non-hydrogen) atoms. The molecule has 0 aliphatic carbocycles. The van der Waals surface area contributed by atoms with Crippen LogP contribution in [0.15, 0.2) is 42.0 Å². The van der Waals surface area contributed by atoms with Crippen molar-refractivity contribution in [3.05, 3.63) is 53.2 Å². The average Bonchev–Trinajstić information content (AvgIpc) is 2.43. The molecule has 3 heteroatoms. The number of aryl methyl sites for hydroxylation is 1. The summed E-state index contributed by atoms with van der Waals surface area (Å²) >= 11 is 0. The molecule has 0 amide bonds. The van der Waals surface area contributed by atoms with E-state index in [0.29, 0.717) is 5.57 Å². The third-order valence-corrected chi connectivity index (χ3v) is 3.04. The van der Waals surface area contributed by atoms with Gasteiger partial charge in [0.1, 0.15) is 6.61 Å². The summed E-state index contributed by atoms with van der Waals surface area (Å²) < 4.78 is 5.31. The zero-order valence-electron chi connectivity index (χ0n) is 11.4. The molecule has 3 nitrogen and oxygen atoms in total. The highest BCUT2D eigenvalue weighted by Crippen LogP contribution is 2.19. The van der Waals surface area contributed by atoms with Gasteiger partial charge in [0, 0.05) is 22.2 Å². The predicted molar refractivity (Wildman–Crippen MR) is 75.7 cm³/mol. The minimum atomic E-state index is -0.277. The third-order valence-electron chi connectivity index (χ3n) is 3.04. The molecule has 0 spiro atoms. The lowest BCUT2D eigenvalue weighted by Gasteiger charge is -2.09. The van der Waals surface area contributed by atoms with E-state index in [4.69, 9.17) is 4.74 Å². The minimum Gasteiger partial charge on any atom is -0.457 e. The molecule has 0 unspecified atom stereocenters. The summed E-state index contributed by atoms with van der Waals surface area (Å²) in [5.41, 5.74) is 3.46. The van der Waals surface area contributed by atoms with E-state index in [2.05, 4.69) is 4.98 Å². The Kier molecular flexibility index (Phi) is 3.95. The van der Waals surface area contributed by atoms with E-state index in [1.165, 1.54) is 0 Å². The zero-order valence-corrected chi connectivity index (χ0v) is 11.4. The summed E-state index contributed by atoms with van der Waals surface area (Å²) in [5.74, 6) is -0.277. The second-order valence-electron chi connectivity index (χ2n) is 4.49. The van der Waals surface area contributed by atoms with Crippen molar-refractivity contribution in [1.29, 1.82) is 0 Å². The van der Waals surface area contributed by atoms with E-state index in [-0.39, 0.29) is 12.6 Å². The standard InChI is InChI=1S/C16H17NO2/c1-4-11(2)16(18)19-10-13-9-12(3)17-15-8-6-5-7-14(13)15/h4-9H,10H2,1-3H3. The molecule has 1 heterocycles. The van der Waals surface area contributed by atoms with Crippen LogP contribution in [0.2, 0.25) is 0 Å². The zero-order chi connectivity index (χ0) is 13.8. The molecule has 1 aromatic heterocycles. The largest absolute Gasteiger partial charge is 0.457 e. The Bertz CT molecular complexity index is 644. The number of hydrogen-bond donors (Lipinski definition) is 0. The van der Waals surface area contributed by atoms with Crippen molar-refractivity contribution in [2.24, 2.45) is 0 Å². The molecule has 0 bridgehead atoms. The molecule has 98 valence electrons. The molecule has 2 aromatic rings. The fourth-order valence-corrected chi connectivity index (χ4v) is 1.89. The SMILES string of the molecule is CC=C(C)C(=O)OCc1cc(C)nc2ccccc12. The smallest absolute Gasteiger partial charge is 0.333 e. The summed E-state index contributed by atoms with van der Waals surface area (Å²) in [6, 6.07) is 9.83. The van der Waals surface area contributed by atoms with Gasteiger partial charge >= 0.3 is 5.97 Å². The molecule has 0 saturated heterocycles. The summed E-state index contributed by atoms with van der Waals surface area (Å²) in [6.45, 7) is 5.78. The van der Waals surface area contributed by atoms with Gasteiger partial charge in [-0.25, -0.2) is 4.79 Å². The maximum atomic E-state index is 11.7. The molecule has 1 aromatic carbocycles. The van der Waals surface area contributed by atoms with Crippen LogP contribution in [0.25, 0.3) is 10.9 Å². The van der Waals surface area contributed by atoms with Crippen molar-refractivity contribution in [2.75, 3.05) is 0 Å².